The van der Waals surface area contributed by atoms with Crippen molar-refractivity contribution in [2.75, 3.05) is 19.7 Å². The molecule has 0 radical (unpaired) electrons. The topological polar surface area (TPSA) is 107 Å². The number of aliphatic carboxylic acids is 1. The Balaban J connectivity index is 0.000000360. The van der Waals surface area contributed by atoms with Gasteiger partial charge in [0.2, 0.25) is 5.88 Å². The number of aryl methyl sites for hydroxylation is 1. The average molecular weight is 456 g/mol. The molecule has 4 heterocycles. The Labute approximate surface area is 181 Å². The monoisotopic (exact) mass is 456 g/mol. The van der Waals surface area contributed by atoms with E-state index < -0.39 is 12.1 Å². The molecule has 0 saturated carbocycles. The maximum atomic E-state index is 12.7. The summed E-state index contributed by atoms with van der Waals surface area (Å²) in [4.78, 5) is 27.6. The van der Waals surface area contributed by atoms with Gasteiger partial charge in [0.05, 0.1) is 18.8 Å². The van der Waals surface area contributed by atoms with E-state index in [1.54, 1.807) is 23.1 Å². The van der Waals surface area contributed by atoms with Gasteiger partial charge in [0.1, 0.15) is 11.8 Å². The predicted molar refractivity (Wildman–Crippen MR) is 104 cm³/mol. The zero-order chi connectivity index (χ0) is 23.4. The fraction of sp³-hybridized carbons (Fsp3) is 0.500. The van der Waals surface area contributed by atoms with E-state index >= 15 is 0 Å². The second kappa shape index (κ2) is 9.55. The number of hydrogen-bond acceptors (Lipinski definition) is 6. The largest absolute Gasteiger partial charge is 0.490 e. The number of carbonyl (C=O) groups is 2. The number of ether oxygens (including phenoxy) is 2. The number of carbonyl (C=O) groups excluding carboxylic acids is 1. The van der Waals surface area contributed by atoms with Gasteiger partial charge < -0.3 is 19.5 Å². The van der Waals surface area contributed by atoms with E-state index in [0.29, 0.717) is 24.7 Å². The molecule has 9 nitrogen and oxygen atoms in total. The average Bonchev–Trinajstić information content (AvgIpc) is 3.34. The molecule has 174 valence electrons. The van der Waals surface area contributed by atoms with Crippen molar-refractivity contribution in [1.82, 2.24) is 19.7 Å². The maximum absolute atomic E-state index is 12.7. The number of alkyl halides is 3. The number of rotatable bonds is 3. The summed E-state index contributed by atoms with van der Waals surface area (Å²) >= 11 is 0. The molecule has 32 heavy (non-hydrogen) atoms. The molecule has 2 aromatic heterocycles. The van der Waals surface area contributed by atoms with Crippen LogP contribution in [0, 0.1) is 0 Å². The highest BCUT2D eigenvalue weighted by atomic mass is 19.4. The molecule has 0 unspecified atom stereocenters. The number of amides is 1. The van der Waals surface area contributed by atoms with Gasteiger partial charge >= 0.3 is 12.1 Å². The molecule has 1 amide bonds. The number of hydrogen-bond donors (Lipinski definition) is 1. The first-order valence-electron chi connectivity index (χ1n) is 9.89. The lowest BCUT2D eigenvalue weighted by atomic mass is 9.89. The molecule has 1 spiro atoms. The highest BCUT2D eigenvalue weighted by Crippen LogP contribution is 2.36. The summed E-state index contributed by atoms with van der Waals surface area (Å²) in [5, 5.41) is 11.3. The standard InChI is InChI=1S/C18H22N4O3.C2HF3O2/c1-21-10-6-15(20-21)17(23)22-9-4-7-18(13-22)11-14(12-24-18)25-16-5-2-3-8-19-16;3-2(4,5)1(6)7/h2-3,5-6,8,10,14H,4,7,9,11-13H2,1H3;(H,6,7)/t14-,18-;/m0./s1. The lowest BCUT2D eigenvalue weighted by Crippen LogP contribution is -2.50. The van der Waals surface area contributed by atoms with Gasteiger partial charge in [-0.25, -0.2) is 9.78 Å². The van der Waals surface area contributed by atoms with Crippen molar-refractivity contribution < 1.29 is 37.3 Å². The molecular weight excluding hydrogens is 433 g/mol. The number of carboxylic acid groups (broad SMARTS) is 1. The molecule has 0 aromatic carbocycles. The molecular formula is C20H23F3N4O5. The van der Waals surface area contributed by atoms with Crippen LogP contribution < -0.4 is 4.74 Å². The summed E-state index contributed by atoms with van der Waals surface area (Å²) in [6.07, 6.45) is 1.04. The van der Waals surface area contributed by atoms with Crippen LogP contribution in [0.2, 0.25) is 0 Å². The summed E-state index contributed by atoms with van der Waals surface area (Å²) < 4.78 is 45.4. The van der Waals surface area contributed by atoms with Crippen LogP contribution in [-0.4, -0.2) is 74.2 Å². The van der Waals surface area contributed by atoms with Crippen LogP contribution in [-0.2, 0) is 16.6 Å². The smallest absolute Gasteiger partial charge is 0.475 e. The minimum atomic E-state index is -5.08. The van der Waals surface area contributed by atoms with Gasteiger partial charge in [0.25, 0.3) is 5.91 Å². The van der Waals surface area contributed by atoms with E-state index in [4.69, 9.17) is 19.4 Å². The highest BCUT2D eigenvalue weighted by molar-refractivity contribution is 5.92. The fourth-order valence-corrected chi connectivity index (χ4v) is 3.71. The van der Waals surface area contributed by atoms with Crippen molar-refractivity contribution in [2.24, 2.45) is 7.05 Å². The zero-order valence-electron chi connectivity index (χ0n) is 17.3. The second-order valence-corrected chi connectivity index (χ2v) is 7.61. The Morgan fingerprint density at radius 1 is 1.31 bits per heavy atom. The Morgan fingerprint density at radius 2 is 2.06 bits per heavy atom. The summed E-state index contributed by atoms with van der Waals surface area (Å²) in [5.74, 6) is -2.17. The van der Waals surface area contributed by atoms with Crippen LogP contribution in [0.4, 0.5) is 13.2 Å². The lowest BCUT2D eigenvalue weighted by Gasteiger charge is -2.39. The quantitative estimate of drug-likeness (QED) is 0.755. The maximum Gasteiger partial charge on any atom is 0.490 e. The molecule has 12 heteroatoms. The van der Waals surface area contributed by atoms with E-state index in [1.807, 2.05) is 30.1 Å². The number of aromatic nitrogens is 3. The van der Waals surface area contributed by atoms with E-state index in [1.165, 1.54) is 0 Å². The van der Waals surface area contributed by atoms with Gasteiger partial charge in [0.15, 0.2) is 0 Å². The minimum Gasteiger partial charge on any atom is -0.475 e. The molecule has 2 saturated heterocycles. The lowest BCUT2D eigenvalue weighted by molar-refractivity contribution is -0.192. The predicted octanol–water partition coefficient (Wildman–Crippen LogP) is 2.29. The van der Waals surface area contributed by atoms with Crippen LogP contribution in [0.5, 0.6) is 5.88 Å². The minimum absolute atomic E-state index is 0.0280. The van der Waals surface area contributed by atoms with Crippen LogP contribution in [0.25, 0.3) is 0 Å². The van der Waals surface area contributed by atoms with Crippen molar-refractivity contribution in [3.05, 3.63) is 42.4 Å². The summed E-state index contributed by atoms with van der Waals surface area (Å²) in [5.41, 5.74) is 0.168. The number of carboxylic acids is 1. The van der Waals surface area contributed by atoms with Crippen LogP contribution in [0.1, 0.15) is 29.8 Å². The van der Waals surface area contributed by atoms with Gasteiger partial charge in [-0.3, -0.25) is 9.48 Å². The Hall–Kier alpha value is -3.15. The second-order valence-electron chi connectivity index (χ2n) is 7.61. The summed E-state index contributed by atoms with van der Waals surface area (Å²) in [6.45, 7) is 1.86. The van der Waals surface area contributed by atoms with Crippen LogP contribution in [0.15, 0.2) is 36.7 Å². The normalized spacial score (nSPS) is 22.9. The number of piperidine rings is 1. The van der Waals surface area contributed by atoms with E-state index in [0.717, 1.165) is 25.8 Å². The summed E-state index contributed by atoms with van der Waals surface area (Å²) in [6, 6.07) is 7.37. The number of halogens is 3. The molecule has 2 aliphatic heterocycles. The first-order chi connectivity index (χ1) is 15.1. The van der Waals surface area contributed by atoms with Gasteiger partial charge in [0, 0.05) is 38.5 Å². The molecule has 2 aliphatic rings. The van der Waals surface area contributed by atoms with Crippen molar-refractivity contribution >= 4 is 11.9 Å². The van der Waals surface area contributed by atoms with E-state index in [9.17, 15) is 18.0 Å². The van der Waals surface area contributed by atoms with Crippen molar-refractivity contribution in [1.29, 1.82) is 0 Å². The SMILES string of the molecule is Cn1ccc(C(=O)N2CCC[C@]3(C[C@H](Oc4ccccn4)CO3)C2)n1.O=C(O)C(F)(F)F. The Kier molecular flexibility index (Phi) is 7.02. The third-order valence-corrected chi connectivity index (χ3v) is 5.10. The van der Waals surface area contributed by atoms with Crippen molar-refractivity contribution in [3.8, 4) is 5.88 Å². The highest BCUT2D eigenvalue weighted by Gasteiger charge is 2.45. The zero-order valence-corrected chi connectivity index (χ0v) is 17.3. The first-order valence-corrected chi connectivity index (χ1v) is 9.89. The molecule has 2 fully saturated rings. The molecule has 4 rings (SSSR count). The first kappa shape index (κ1) is 23.5. The van der Waals surface area contributed by atoms with Gasteiger partial charge in [-0.15, -0.1) is 0 Å². The van der Waals surface area contributed by atoms with E-state index in [2.05, 4.69) is 10.1 Å². The molecule has 2 atom stereocenters. The summed E-state index contributed by atoms with van der Waals surface area (Å²) in [7, 11) is 1.81. The van der Waals surface area contributed by atoms with Gasteiger partial charge in [-0.2, -0.15) is 18.3 Å². The Bertz CT molecular complexity index is 937. The number of nitrogens with zero attached hydrogens (tertiary/aromatic N) is 4. The van der Waals surface area contributed by atoms with E-state index in [-0.39, 0.29) is 17.6 Å². The number of likely N-dealkylation sites (tertiary alicyclic amines) is 1. The van der Waals surface area contributed by atoms with Crippen molar-refractivity contribution in [3.63, 3.8) is 0 Å². The van der Waals surface area contributed by atoms with Crippen molar-refractivity contribution in [2.45, 2.75) is 37.1 Å². The third-order valence-electron chi connectivity index (χ3n) is 5.10. The molecule has 0 aliphatic carbocycles. The van der Waals surface area contributed by atoms with Crippen LogP contribution >= 0.6 is 0 Å². The molecule has 2 aromatic rings. The third kappa shape index (κ3) is 5.96. The fourth-order valence-electron chi connectivity index (χ4n) is 3.71. The van der Waals surface area contributed by atoms with Gasteiger partial charge in [-0.1, -0.05) is 6.07 Å². The van der Waals surface area contributed by atoms with Crippen LogP contribution in [0.3, 0.4) is 0 Å². The van der Waals surface area contributed by atoms with Gasteiger partial charge in [-0.05, 0) is 25.0 Å². The molecule has 1 N–H and O–H groups in total. The molecule has 0 bridgehead atoms. The number of pyridine rings is 1. The Morgan fingerprint density at radius 3 is 2.66 bits per heavy atom.